The maximum Gasteiger partial charge on any atom is 0.203 e. The van der Waals surface area contributed by atoms with Gasteiger partial charge < -0.3 is 124 Å². The van der Waals surface area contributed by atoms with E-state index in [9.17, 15) is 5.11 Å². The van der Waals surface area contributed by atoms with Crippen LogP contribution in [0.1, 0.15) is 16.7 Å². The molecule has 0 saturated heterocycles. The van der Waals surface area contributed by atoms with Crippen LogP contribution in [0.2, 0.25) is 25.1 Å². The monoisotopic (exact) mass is 2070 g/mol. The van der Waals surface area contributed by atoms with Crippen LogP contribution in [0.5, 0.6) is 149 Å². The van der Waals surface area contributed by atoms with Gasteiger partial charge in [0.05, 0.1) is 206 Å². The number of halogens is 8. The third-order valence-electron chi connectivity index (χ3n) is 16.6. The van der Waals surface area contributed by atoms with Gasteiger partial charge in [-0.25, -0.2) is 0 Å². The molecule has 0 bridgehead atoms. The molecule has 702 valence electrons. The van der Waals surface area contributed by atoms with Gasteiger partial charge in [-0.3, -0.25) is 0 Å². The van der Waals surface area contributed by atoms with E-state index < -0.39 is 0 Å². The molecule has 0 aliphatic rings. The number of ether oxygens (including phenoxy) is 25. The molecule has 0 spiro atoms. The van der Waals surface area contributed by atoms with Crippen molar-refractivity contribution in [2.75, 3.05) is 178 Å². The Bertz CT molecular complexity index is 4530. The lowest BCUT2D eigenvalue weighted by Gasteiger charge is -2.13. The third-order valence-corrected chi connectivity index (χ3v) is 20.1. The molecule has 0 saturated carbocycles. The smallest absolute Gasteiger partial charge is 0.203 e. The van der Waals surface area contributed by atoms with Crippen molar-refractivity contribution >= 4 is 106 Å². The van der Waals surface area contributed by atoms with Gasteiger partial charge in [0, 0.05) is 42.5 Å². The van der Waals surface area contributed by atoms with Gasteiger partial charge in [-0.2, -0.15) is 0 Å². The minimum absolute atomic E-state index is 0.0897. The molecule has 0 radical (unpaired) electrons. The van der Waals surface area contributed by atoms with Gasteiger partial charge >= 0.3 is 0 Å². The van der Waals surface area contributed by atoms with Crippen LogP contribution in [0.15, 0.2) is 189 Å². The third kappa shape index (κ3) is 39.4. The molecule has 0 fully saturated rings. The molecule has 1 N–H and O–H groups in total. The van der Waals surface area contributed by atoms with E-state index in [-0.39, 0.29) is 5.75 Å². The van der Waals surface area contributed by atoms with Crippen LogP contribution in [0.25, 0.3) is 0 Å². The zero-order chi connectivity index (χ0) is 96.5. The maximum atomic E-state index is 9.22. The summed E-state index contributed by atoms with van der Waals surface area (Å²) in [4.78, 5) is 0. The fraction of sp³-hybridized carbons (Fsp3) is 0.298. The van der Waals surface area contributed by atoms with Crippen LogP contribution in [0, 0.1) is 20.8 Å². The second kappa shape index (κ2) is 64.8. The molecule has 11 aromatic carbocycles. The highest BCUT2D eigenvalue weighted by molar-refractivity contribution is 9.11. The highest BCUT2D eigenvalue weighted by atomic mass is 79.9. The summed E-state index contributed by atoms with van der Waals surface area (Å²) in [6.45, 7) is 6.00. The van der Waals surface area contributed by atoms with Gasteiger partial charge in [0.25, 0.3) is 0 Å². The van der Waals surface area contributed by atoms with Crippen molar-refractivity contribution in [2.45, 2.75) is 20.8 Å². The van der Waals surface area contributed by atoms with E-state index in [0.717, 1.165) is 99.1 Å². The first-order valence-corrected chi connectivity index (χ1v) is 41.6. The Hall–Kier alpha value is -10.9. The molecule has 0 heterocycles. The van der Waals surface area contributed by atoms with Gasteiger partial charge in [0.15, 0.2) is 40.2 Å². The molecule has 34 heteroatoms. The molecule has 0 aromatic heterocycles. The average molecular weight is 2080 g/mol. The number of rotatable bonds is 25. The van der Waals surface area contributed by atoms with Crippen LogP contribution in [-0.4, -0.2) is 183 Å². The molecular formula is C94H114Br3Cl5O26. The number of hydrogen-bond donors (Lipinski definition) is 1. The molecular weight excluding hydrogens is 1960 g/mol. The summed E-state index contributed by atoms with van der Waals surface area (Å²) in [5.74, 6) is 17.7. The van der Waals surface area contributed by atoms with E-state index in [1.807, 2.05) is 112 Å². The summed E-state index contributed by atoms with van der Waals surface area (Å²) < 4.78 is 128. The van der Waals surface area contributed by atoms with Crippen LogP contribution in [0.4, 0.5) is 0 Å². The van der Waals surface area contributed by atoms with Crippen molar-refractivity contribution in [1.29, 1.82) is 0 Å². The van der Waals surface area contributed by atoms with Gasteiger partial charge in [-0.1, -0.05) is 58.0 Å². The Kier molecular flexibility index (Phi) is 58.3. The molecule has 0 amide bonds. The van der Waals surface area contributed by atoms with E-state index >= 15 is 0 Å². The fourth-order valence-electron chi connectivity index (χ4n) is 10.0. The second-order valence-electron chi connectivity index (χ2n) is 24.2. The van der Waals surface area contributed by atoms with E-state index in [4.69, 9.17) is 176 Å². The lowest BCUT2D eigenvalue weighted by molar-refractivity contribution is 0.318. The van der Waals surface area contributed by atoms with E-state index in [0.29, 0.717) is 99.9 Å². The summed E-state index contributed by atoms with van der Waals surface area (Å²) in [7, 11) is 39.9. The normalized spacial score (nSPS) is 9.44. The number of benzene rings is 11. The molecule has 0 atom stereocenters. The summed E-state index contributed by atoms with van der Waals surface area (Å²) in [5, 5.41) is 11.4. The number of aromatic hydroxyl groups is 1. The van der Waals surface area contributed by atoms with Crippen molar-refractivity contribution in [3.63, 3.8) is 0 Å². The first-order chi connectivity index (χ1) is 61.3. The first-order valence-electron chi connectivity index (χ1n) is 37.3. The summed E-state index contributed by atoms with van der Waals surface area (Å²) >= 11 is 39.2. The van der Waals surface area contributed by atoms with E-state index in [1.165, 1.54) is 34.5 Å². The van der Waals surface area contributed by atoms with Crippen LogP contribution in [-0.2, 0) is 0 Å². The fourth-order valence-corrected chi connectivity index (χ4v) is 13.4. The molecule has 26 nitrogen and oxygen atoms in total. The van der Waals surface area contributed by atoms with Crippen LogP contribution >= 0.6 is 106 Å². The minimum atomic E-state index is 0.0897. The van der Waals surface area contributed by atoms with E-state index in [1.54, 1.807) is 228 Å². The SMILES string of the molecule is COc1cc(Br)c(OC)c(Br)c1.COc1cc(C)c(OC)c(C)c1.COc1cc(Cl)c(OC)c(Cl)c1.COc1cc(OC)c(OC)c(OC)c1.COc1ccc(OC)c(Br)c1.COc1ccc(OC)c(C)c1.COc1ccc(OC)c(Cl)c1.COc1ccc(OC)c(Cl)c1Cl.COc1ccc(OC)c(O)c1.COc1ccc(OC)c(OC)c1.COc1ccc(OC)cc1. The van der Waals surface area contributed by atoms with E-state index in [2.05, 4.69) is 47.8 Å². The highest BCUT2D eigenvalue weighted by Gasteiger charge is 2.16. The Morgan fingerprint density at radius 1 is 0.180 bits per heavy atom. The van der Waals surface area contributed by atoms with Gasteiger partial charge in [-0.15, -0.1) is 0 Å². The van der Waals surface area contributed by atoms with Crippen molar-refractivity contribution in [3.05, 3.63) is 231 Å². The largest absolute Gasteiger partial charge is 0.504 e. The summed E-state index contributed by atoms with van der Waals surface area (Å²) in [5.41, 5.74) is 3.30. The van der Waals surface area contributed by atoms with Gasteiger partial charge in [0.1, 0.15) is 114 Å². The van der Waals surface area contributed by atoms with Crippen molar-refractivity contribution in [3.8, 4) is 149 Å². The standard InChI is InChI=1S/C10H14O4.C10H14O2.C9H12O3.C9H12O2.C8H8Br2O2.C8H9BrO2.2C8H8Cl2O2.C8H9ClO2.C8H10O3.C8H10O2/c1-11-7-5-8(12-2)10(14-4)9(6-7)13-3;1-7-5-9(11-3)6-8(2)10(7)12-4;1-10-7-4-5-8(11-2)9(6-7)12-3;1-7-6-8(10-2)4-5-9(7)11-3;1-11-5-3-6(9)8(12-2)7(10)4-5;1-10-6-3-4-8(11-2)7(9)5-6;1-11-5-3-6(9)8(12-2)7(10)4-5;1-11-5-3-4-6(12-2)8(10)7(5)9;2*1-10-6-3-4-8(11-2)7(9)5-6;1-9-7-3-5-8(10-2)6-4-7/h5-6H,1-4H3;5-6H,1-4H3;4-6H,1-3H3;4-6H,1-3H3;3-4H,1-2H3;3-5H,1-2H3;2*3-4H,1-2H3;3-5H,1-2H3;3-5,9H,1-2H3;3-6H,1-2H3. The minimum Gasteiger partial charge on any atom is -0.504 e. The Morgan fingerprint density at radius 3 is 0.773 bits per heavy atom. The molecule has 11 rings (SSSR count). The zero-order valence-electron chi connectivity index (χ0n) is 76.9. The lowest BCUT2D eigenvalue weighted by atomic mass is 10.1. The highest BCUT2D eigenvalue weighted by Crippen LogP contribution is 2.43. The zero-order valence-corrected chi connectivity index (χ0v) is 85.5. The van der Waals surface area contributed by atoms with Crippen molar-refractivity contribution in [2.24, 2.45) is 0 Å². The second-order valence-corrected chi connectivity index (χ2v) is 28.7. The number of hydrogen-bond acceptors (Lipinski definition) is 26. The number of aryl methyl sites for hydroxylation is 3. The number of methoxy groups -OCH3 is 25. The Labute approximate surface area is 802 Å². The predicted octanol–water partition coefficient (Wildman–Crippen LogP) is 25.0. The molecule has 128 heavy (non-hydrogen) atoms. The molecule has 0 aliphatic carbocycles. The number of phenols is 1. The van der Waals surface area contributed by atoms with Crippen molar-refractivity contribution in [1.82, 2.24) is 0 Å². The van der Waals surface area contributed by atoms with Crippen molar-refractivity contribution < 1.29 is 124 Å². The predicted molar refractivity (Wildman–Crippen MR) is 519 cm³/mol. The summed E-state index contributed by atoms with van der Waals surface area (Å²) in [6, 6.07) is 52.1. The Balaban J connectivity index is 0.000000705. The summed E-state index contributed by atoms with van der Waals surface area (Å²) in [6.07, 6.45) is 0. The van der Waals surface area contributed by atoms with Crippen LogP contribution < -0.4 is 118 Å². The molecule has 11 aromatic rings. The van der Waals surface area contributed by atoms with Gasteiger partial charge in [-0.05, 0) is 219 Å². The van der Waals surface area contributed by atoms with Crippen LogP contribution in [0.3, 0.4) is 0 Å². The quantitative estimate of drug-likeness (QED) is 0.0558. The maximum absolute atomic E-state index is 9.22. The lowest BCUT2D eigenvalue weighted by Crippen LogP contribution is -1.95. The average Bonchev–Trinajstić information content (AvgIpc) is 0.847. The number of phenolic OH excluding ortho intramolecular Hbond substituents is 1. The molecule has 0 aliphatic heterocycles. The van der Waals surface area contributed by atoms with Gasteiger partial charge in [0.2, 0.25) is 5.75 Å². The topological polar surface area (TPSA) is 251 Å². The molecule has 0 unspecified atom stereocenters. The Morgan fingerprint density at radius 2 is 0.438 bits per heavy atom. The first kappa shape index (κ1) is 115.